The summed E-state index contributed by atoms with van der Waals surface area (Å²) in [5.41, 5.74) is 15.4. The van der Waals surface area contributed by atoms with Crippen molar-refractivity contribution < 1.29 is 4.74 Å². The average molecular weight is 425 g/mol. The highest BCUT2D eigenvalue weighted by Crippen LogP contribution is 2.26. The minimum Gasteiger partial charge on any atom is -0.496 e. The van der Waals surface area contributed by atoms with Gasteiger partial charge in [0.1, 0.15) is 11.3 Å². The molecule has 0 radical (unpaired) electrons. The van der Waals surface area contributed by atoms with Gasteiger partial charge in [-0.2, -0.15) is 10.1 Å². The van der Waals surface area contributed by atoms with Gasteiger partial charge < -0.3 is 21.5 Å². The molecule has 1 aromatic carbocycles. The van der Waals surface area contributed by atoms with Gasteiger partial charge >= 0.3 is 0 Å². The minimum absolute atomic E-state index is 0.246. The molecule has 9 heteroatoms. The Hall–Kier alpha value is -2.91. The highest BCUT2D eigenvalue weighted by atomic mass is 16.5. The number of nitrogens with zero attached hydrogens (tertiary/aromatic N) is 5. The quantitative estimate of drug-likeness (QED) is 0.423. The minimum atomic E-state index is 0.246. The molecule has 4 rings (SSSR count). The van der Waals surface area contributed by atoms with Gasteiger partial charge in [0.25, 0.3) is 0 Å². The summed E-state index contributed by atoms with van der Waals surface area (Å²) in [7, 11) is 1.71. The van der Waals surface area contributed by atoms with Crippen molar-refractivity contribution >= 4 is 22.8 Å². The summed E-state index contributed by atoms with van der Waals surface area (Å²) in [4.78, 5) is 11.1. The number of nitrogens with one attached hydrogen (secondary N) is 1. The maximum Gasteiger partial charge on any atom is 0.222 e. The number of hydrogen-bond acceptors (Lipinski definition) is 8. The molecule has 0 unspecified atom stereocenters. The molecule has 0 bridgehead atoms. The fraction of sp³-hybridized carbons (Fsp3) is 0.500. The van der Waals surface area contributed by atoms with E-state index in [-0.39, 0.29) is 5.95 Å². The van der Waals surface area contributed by atoms with Gasteiger partial charge in [0.05, 0.1) is 19.9 Å². The smallest absolute Gasteiger partial charge is 0.222 e. The van der Waals surface area contributed by atoms with Crippen molar-refractivity contribution in [2.45, 2.75) is 32.9 Å². The maximum absolute atomic E-state index is 5.90. The Bertz CT molecular complexity index is 1030. The molecule has 2 aromatic heterocycles. The summed E-state index contributed by atoms with van der Waals surface area (Å²) in [5, 5.41) is 8.04. The monoisotopic (exact) mass is 424 g/mol. The summed E-state index contributed by atoms with van der Waals surface area (Å²) in [6, 6.07) is 6.39. The molecule has 0 spiro atoms. The number of anilines is 2. The van der Waals surface area contributed by atoms with Crippen LogP contribution in [0.5, 0.6) is 5.75 Å². The molecule has 31 heavy (non-hydrogen) atoms. The van der Waals surface area contributed by atoms with E-state index in [1.54, 1.807) is 7.11 Å². The van der Waals surface area contributed by atoms with Gasteiger partial charge in [0.2, 0.25) is 5.95 Å². The summed E-state index contributed by atoms with van der Waals surface area (Å²) in [6.45, 7) is 7.38. The van der Waals surface area contributed by atoms with Crippen LogP contribution in [0.25, 0.3) is 11.0 Å². The Kier molecular flexibility index (Phi) is 6.53. The van der Waals surface area contributed by atoms with E-state index < -0.39 is 0 Å². The third-order valence-electron chi connectivity index (χ3n) is 5.71. The summed E-state index contributed by atoms with van der Waals surface area (Å²) in [6.07, 6.45) is 4.06. The molecule has 3 aromatic rings. The van der Waals surface area contributed by atoms with Crippen LogP contribution in [0.4, 0.5) is 11.8 Å². The van der Waals surface area contributed by atoms with Crippen molar-refractivity contribution in [3.05, 3.63) is 35.5 Å². The van der Waals surface area contributed by atoms with Crippen LogP contribution in [0.3, 0.4) is 0 Å². The Balaban J connectivity index is 1.51. The standard InChI is InChI=1S/C22H32N8O/c1-3-4-7-25-21-20-18(26-22(24)27-21)14-30(28-20)13-17-6-5-15(8-19(17)31-2)10-29-11-16(9-23)12-29/h5-6,8,14,16H,3-4,7,9-13,23H2,1-2H3,(H3,24,25,26,27). The van der Waals surface area contributed by atoms with Crippen LogP contribution in [0, 0.1) is 5.92 Å². The first kappa shape index (κ1) is 21.3. The summed E-state index contributed by atoms with van der Waals surface area (Å²) >= 11 is 0. The zero-order chi connectivity index (χ0) is 21.8. The number of nitrogens with two attached hydrogens (primary N) is 2. The van der Waals surface area contributed by atoms with Crippen LogP contribution < -0.4 is 21.5 Å². The van der Waals surface area contributed by atoms with E-state index in [2.05, 4.69) is 45.3 Å². The lowest BCUT2D eigenvalue weighted by Gasteiger charge is -2.38. The van der Waals surface area contributed by atoms with E-state index in [1.165, 1.54) is 5.56 Å². The van der Waals surface area contributed by atoms with Crippen LogP contribution in [0.1, 0.15) is 30.9 Å². The predicted molar refractivity (Wildman–Crippen MR) is 123 cm³/mol. The number of ether oxygens (including phenoxy) is 1. The number of unbranched alkanes of at least 4 members (excludes halogenated alkanes) is 1. The largest absolute Gasteiger partial charge is 0.496 e. The SMILES string of the molecule is CCCCNc1nc(N)nc2cn(Cc3ccc(CN4CC(CN)C4)cc3OC)nc12. The van der Waals surface area contributed by atoms with Crippen molar-refractivity contribution in [2.24, 2.45) is 11.7 Å². The fourth-order valence-electron chi connectivity index (χ4n) is 3.97. The predicted octanol–water partition coefficient (Wildman–Crippen LogP) is 2.07. The number of fused-ring (bicyclic) bond motifs is 1. The first-order valence-corrected chi connectivity index (χ1v) is 10.9. The number of benzene rings is 1. The van der Waals surface area contributed by atoms with Crippen molar-refractivity contribution in [1.82, 2.24) is 24.6 Å². The summed E-state index contributed by atoms with van der Waals surface area (Å²) in [5.74, 6) is 2.42. The second kappa shape index (κ2) is 9.49. The summed E-state index contributed by atoms with van der Waals surface area (Å²) < 4.78 is 7.54. The topological polar surface area (TPSA) is 120 Å². The Morgan fingerprint density at radius 1 is 1.23 bits per heavy atom. The molecule has 1 saturated heterocycles. The molecule has 0 atom stereocenters. The molecule has 1 fully saturated rings. The van der Waals surface area contributed by atoms with Crippen LogP contribution in [0.15, 0.2) is 24.4 Å². The van der Waals surface area contributed by atoms with Crippen molar-refractivity contribution in [3.63, 3.8) is 0 Å². The van der Waals surface area contributed by atoms with Gasteiger partial charge in [-0.25, -0.2) is 4.98 Å². The number of aromatic nitrogens is 4. The van der Waals surface area contributed by atoms with E-state index in [0.29, 0.717) is 18.3 Å². The Morgan fingerprint density at radius 3 is 2.81 bits per heavy atom. The number of nitrogen functional groups attached to an aromatic ring is 1. The third-order valence-corrected chi connectivity index (χ3v) is 5.71. The second-order valence-electron chi connectivity index (χ2n) is 8.21. The lowest BCUT2D eigenvalue weighted by atomic mass is 9.99. The van der Waals surface area contributed by atoms with Crippen molar-refractivity contribution in [3.8, 4) is 5.75 Å². The van der Waals surface area contributed by atoms with Crippen LogP contribution in [-0.2, 0) is 13.1 Å². The molecular weight excluding hydrogens is 392 g/mol. The molecule has 1 aliphatic heterocycles. The zero-order valence-corrected chi connectivity index (χ0v) is 18.3. The van der Waals surface area contributed by atoms with E-state index in [9.17, 15) is 0 Å². The fourth-order valence-corrected chi connectivity index (χ4v) is 3.97. The molecule has 3 heterocycles. The normalized spacial score (nSPS) is 14.7. The zero-order valence-electron chi connectivity index (χ0n) is 18.3. The molecule has 0 amide bonds. The molecule has 0 saturated carbocycles. The van der Waals surface area contributed by atoms with Crippen LogP contribution >= 0.6 is 0 Å². The van der Waals surface area contributed by atoms with Crippen molar-refractivity contribution in [2.75, 3.05) is 44.3 Å². The van der Waals surface area contributed by atoms with Crippen LogP contribution in [0.2, 0.25) is 0 Å². The van der Waals surface area contributed by atoms with Gasteiger partial charge in [-0.15, -0.1) is 0 Å². The van der Waals surface area contributed by atoms with Gasteiger partial charge in [-0.3, -0.25) is 9.58 Å². The van der Waals surface area contributed by atoms with Gasteiger partial charge in [0.15, 0.2) is 11.3 Å². The molecular formula is C22H32N8O. The van der Waals surface area contributed by atoms with Gasteiger partial charge in [-0.05, 0) is 30.5 Å². The molecule has 0 aliphatic carbocycles. The second-order valence-corrected chi connectivity index (χ2v) is 8.21. The number of methoxy groups -OCH3 is 1. The maximum atomic E-state index is 5.90. The van der Waals surface area contributed by atoms with E-state index in [4.69, 9.17) is 21.3 Å². The van der Waals surface area contributed by atoms with E-state index >= 15 is 0 Å². The van der Waals surface area contributed by atoms with E-state index in [0.717, 1.165) is 67.9 Å². The Labute approximate surface area is 182 Å². The highest BCUT2D eigenvalue weighted by molar-refractivity contribution is 5.85. The number of likely N-dealkylation sites (tertiary alicyclic amines) is 1. The van der Waals surface area contributed by atoms with Crippen molar-refractivity contribution in [1.29, 1.82) is 0 Å². The molecule has 1 aliphatic rings. The number of rotatable bonds is 10. The number of hydrogen-bond donors (Lipinski definition) is 3. The lowest BCUT2D eigenvalue weighted by molar-refractivity contribution is 0.0978. The third kappa shape index (κ3) is 4.88. The van der Waals surface area contributed by atoms with E-state index in [1.807, 2.05) is 10.9 Å². The first-order chi connectivity index (χ1) is 15.1. The van der Waals surface area contributed by atoms with Gasteiger partial charge in [0, 0.05) is 31.7 Å². The first-order valence-electron chi connectivity index (χ1n) is 10.9. The lowest BCUT2D eigenvalue weighted by Crippen LogP contribution is -2.49. The van der Waals surface area contributed by atoms with Gasteiger partial charge in [-0.1, -0.05) is 25.5 Å². The van der Waals surface area contributed by atoms with Crippen LogP contribution in [-0.4, -0.2) is 57.9 Å². The molecule has 5 N–H and O–H groups in total. The molecule has 9 nitrogen and oxygen atoms in total. The Morgan fingerprint density at radius 2 is 2.06 bits per heavy atom. The highest BCUT2D eigenvalue weighted by Gasteiger charge is 2.25. The average Bonchev–Trinajstić information content (AvgIpc) is 3.13. The molecule has 166 valence electrons.